The van der Waals surface area contributed by atoms with Gasteiger partial charge in [0.05, 0.1) is 0 Å². The highest BCUT2D eigenvalue weighted by Crippen LogP contribution is 2.19. The van der Waals surface area contributed by atoms with E-state index in [-0.39, 0.29) is 0 Å². The third kappa shape index (κ3) is 8.28. The van der Waals surface area contributed by atoms with Gasteiger partial charge in [0, 0.05) is 6.42 Å². The Balaban J connectivity index is 3.56. The Hall–Kier alpha value is -0.330. The normalized spacial score (nSPS) is 12.8. The minimum Gasteiger partial charge on any atom is -0.300 e. The standard InChI is InChI=1S/C13H26O/c1-4-6-7-8-10-13(9-5-2)11-12(3)14/h13H,4-11H2,1-3H3. The molecule has 0 fully saturated rings. The number of hydrogen-bond acceptors (Lipinski definition) is 1. The Kier molecular flexibility index (Phi) is 9.02. The highest BCUT2D eigenvalue weighted by molar-refractivity contribution is 5.75. The lowest BCUT2D eigenvalue weighted by atomic mass is 9.92. The molecule has 84 valence electrons. The molecule has 0 bridgehead atoms. The molecule has 0 aliphatic carbocycles. The largest absolute Gasteiger partial charge is 0.300 e. The van der Waals surface area contributed by atoms with E-state index in [0.29, 0.717) is 11.7 Å². The van der Waals surface area contributed by atoms with Crippen LogP contribution in [-0.2, 0) is 4.79 Å². The van der Waals surface area contributed by atoms with Crippen molar-refractivity contribution >= 4 is 5.78 Å². The molecule has 14 heavy (non-hydrogen) atoms. The van der Waals surface area contributed by atoms with Crippen LogP contribution in [0.2, 0.25) is 0 Å². The highest BCUT2D eigenvalue weighted by Gasteiger charge is 2.09. The molecule has 1 nitrogen and oxygen atoms in total. The van der Waals surface area contributed by atoms with Gasteiger partial charge < -0.3 is 4.79 Å². The molecule has 0 rings (SSSR count). The molecule has 0 N–H and O–H groups in total. The van der Waals surface area contributed by atoms with Gasteiger partial charge in [0.25, 0.3) is 0 Å². The maximum Gasteiger partial charge on any atom is 0.130 e. The van der Waals surface area contributed by atoms with Crippen LogP contribution < -0.4 is 0 Å². The van der Waals surface area contributed by atoms with Gasteiger partial charge in [0.2, 0.25) is 0 Å². The molecular formula is C13H26O. The molecule has 0 aliphatic heterocycles. The summed E-state index contributed by atoms with van der Waals surface area (Å²) in [4.78, 5) is 11.0. The quantitative estimate of drug-likeness (QED) is 0.503. The van der Waals surface area contributed by atoms with Crippen LogP contribution in [0.15, 0.2) is 0 Å². The monoisotopic (exact) mass is 198 g/mol. The van der Waals surface area contributed by atoms with Gasteiger partial charge >= 0.3 is 0 Å². The minimum atomic E-state index is 0.360. The van der Waals surface area contributed by atoms with Crippen molar-refractivity contribution in [2.75, 3.05) is 0 Å². The second-order valence-corrected chi connectivity index (χ2v) is 4.41. The molecule has 1 unspecified atom stereocenters. The Morgan fingerprint density at radius 1 is 1.00 bits per heavy atom. The minimum absolute atomic E-state index is 0.360. The van der Waals surface area contributed by atoms with Crippen LogP contribution in [0, 0.1) is 5.92 Å². The SMILES string of the molecule is CCCCCCC(CCC)CC(C)=O. The summed E-state index contributed by atoms with van der Waals surface area (Å²) < 4.78 is 0. The molecule has 0 aromatic heterocycles. The first kappa shape index (κ1) is 13.7. The lowest BCUT2D eigenvalue weighted by molar-refractivity contribution is -0.118. The molecule has 0 spiro atoms. The second kappa shape index (κ2) is 9.23. The first-order valence-corrected chi connectivity index (χ1v) is 6.20. The van der Waals surface area contributed by atoms with E-state index < -0.39 is 0 Å². The Morgan fingerprint density at radius 2 is 1.71 bits per heavy atom. The van der Waals surface area contributed by atoms with Crippen molar-refractivity contribution in [3.05, 3.63) is 0 Å². The van der Waals surface area contributed by atoms with Crippen molar-refractivity contribution < 1.29 is 4.79 Å². The number of rotatable bonds is 9. The van der Waals surface area contributed by atoms with Crippen LogP contribution in [0.1, 0.15) is 72.1 Å². The summed E-state index contributed by atoms with van der Waals surface area (Å²) in [5.74, 6) is 1.02. The molecule has 0 aromatic carbocycles. The van der Waals surface area contributed by atoms with E-state index in [2.05, 4.69) is 13.8 Å². The number of unbranched alkanes of at least 4 members (excludes halogenated alkanes) is 3. The van der Waals surface area contributed by atoms with Gasteiger partial charge in [-0.3, -0.25) is 0 Å². The fourth-order valence-electron chi connectivity index (χ4n) is 2.02. The molecule has 0 heterocycles. The highest BCUT2D eigenvalue weighted by atomic mass is 16.1. The van der Waals surface area contributed by atoms with Crippen molar-refractivity contribution in [3.63, 3.8) is 0 Å². The smallest absolute Gasteiger partial charge is 0.130 e. The fraction of sp³-hybridized carbons (Fsp3) is 0.923. The van der Waals surface area contributed by atoms with E-state index in [4.69, 9.17) is 0 Å². The van der Waals surface area contributed by atoms with Crippen molar-refractivity contribution in [2.45, 2.75) is 72.1 Å². The van der Waals surface area contributed by atoms with E-state index in [9.17, 15) is 4.79 Å². The molecule has 0 amide bonds. The number of hydrogen-bond donors (Lipinski definition) is 0. The topological polar surface area (TPSA) is 17.1 Å². The zero-order valence-electron chi connectivity index (χ0n) is 10.1. The Morgan fingerprint density at radius 3 is 2.21 bits per heavy atom. The van der Waals surface area contributed by atoms with E-state index in [1.807, 2.05) is 0 Å². The summed E-state index contributed by atoms with van der Waals surface area (Å²) >= 11 is 0. The zero-order chi connectivity index (χ0) is 10.8. The summed E-state index contributed by atoms with van der Waals surface area (Å²) in [5.41, 5.74) is 0. The lowest BCUT2D eigenvalue weighted by Gasteiger charge is -2.13. The van der Waals surface area contributed by atoms with Crippen LogP contribution in [0.25, 0.3) is 0 Å². The van der Waals surface area contributed by atoms with Gasteiger partial charge in [-0.25, -0.2) is 0 Å². The summed E-state index contributed by atoms with van der Waals surface area (Å²) in [7, 11) is 0. The number of carbonyl (C=O) groups is 1. The first-order chi connectivity index (χ1) is 6.70. The lowest BCUT2D eigenvalue weighted by Crippen LogP contribution is -2.05. The summed E-state index contributed by atoms with van der Waals surface area (Å²) in [6, 6.07) is 0. The molecular weight excluding hydrogens is 172 g/mol. The maximum atomic E-state index is 11.0. The average Bonchev–Trinajstić information content (AvgIpc) is 2.12. The zero-order valence-corrected chi connectivity index (χ0v) is 10.1. The summed E-state index contributed by atoms with van der Waals surface area (Å²) in [6.07, 6.45) is 9.80. The second-order valence-electron chi connectivity index (χ2n) is 4.41. The van der Waals surface area contributed by atoms with E-state index in [0.717, 1.165) is 6.42 Å². The summed E-state index contributed by atoms with van der Waals surface area (Å²) in [5, 5.41) is 0. The van der Waals surface area contributed by atoms with Gasteiger partial charge in [0.1, 0.15) is 5.78 Å². The molecule has 0 aromatic rings. The Bertz CT molecular complexity index is 140. The number of carbonyl (C=O) groups excluding carboxylic acids is 1. The van der Waals surface area contributed by atoms with Gasteiger partial charge in [-0.2, -0.15) is 0 Å². The van der Waals surface area contributed by atoms with Crippen molar-refractivity contribution in [3.8, 4) is 0 Å². The van der Waals surface area contributed by atoms with Crippen LogP contribution in [0.3, 0.4) is 0 Å². The van der Waals surface area contributed by atoms with Crippen LogP contribution in [-0.4, -0.2) is 5.78 Å². The van der Waals surface area contributed by atoms with Crippen LogP contribution in [0.4, 0.5) is 0 Å². The molecule has 0 aliphatic rings. The fourth-order valence-corrected chi connectivity index (χ4v) is 2.02. The van der Waals surface area contributed by atoms with Crippen LogP contribution in [0.5, 0.6) is 0 Å². The van der Waals surface area contributed by atoms with Gasteiger partial charge in [-0.05, 0) is 12.8 Å². The number of ketones is 1. The van der Waals surface area contributed by atoms with Crippen molar-refractivity contribution in [1.82, 2.24) is 0 Å². The van der Waals surface area contributed by atoms with Crippen LogP contribution >= 0.6 is 0 Å². The first-order valence-electron chi connectivity index (χ1n) is 6.20. The average molecular weight is 198 g/mol. The molecule has 0 radical (unpaired) electrons. The van der Waals surface area contributed by atoms with Gasteiger partial charge in [-0.15, -0.1) is 0 Å². The molecule has 0 saturated heterocycles. The van der Waals surface area contributed by atoms with Crippen molar-refractivity contribution in [1.29, 1.82) is 0 Å². The maximum absolute atomic E-state index is 11.0. The summed E-state index contributed by atoms with van der Waals surface area (Å²) in [6.45, 7) is 6.16. The Labute approximate surface area is 89.3 Å². The van der Waals surface area contributed by atoms with E-state index in [1.54, 1.807) is 6.92 Å². The van der Waals surface area contributed by atoms with Gasteiger partial charge in [0.15, 0.2) is 0 Å². The van der Waals surface area contributed by atoms with Gasteiger partial charge in [-0.1, -0.05) is 58.8 Å². The third-order valence-electron chi connectivity index (χ3n) is 2.74. The molecule has 0 saturated carbocycles. The predicted molar refractivity (Wildman–Crippen MR) is 62.5 cm³/mol. The molecule has 1 atom stereocenters. The van der Waals surface area contributed by atoms with Crippen molar-refractivity contribution in [2.24, 2.45) is 5.92 Å². The number of Topliss-reactive ketones (excluding diaryl/α,β-unsaturated/α-hetero) is 1. The van der Waals surface area contributed by atoms with E-state index >= 15 is 0 Å². The van der Waals surface area contributed by atoms with E-state index in [1.165, 1.54) is 44.9 Å². The molecule has 1 heteroatoms. The third-order valence-corrected chi connectivity index (χ3v) is 2.74. The predicted octanol–water partition coefficient (Wildman–Crippen LogP) is 4.35.